The van der Waals surface area contributed by atoms with Gasteiger partial charge in [-0.3, -0.25) is 9.59 Å². The Morgan fingerprint density at radius 1 is 1.23 bits per heavy atom. The van der Waals surface area contributed by atoms with Crippen LogP contribution in [0.2, 0.25) is 10.0 Å². The lowest BCUT2D eigenvalue weighted by Gasteiger charge is -2.21. The molecule has 0 saturated carbocycles. The first-order valence-corrected chi connectivity index (χ1v) is 8.15. The number of rotatable bonds is 8. The highest BCUT2D eigenvalue weighted by Gasteiger charge is 2.10. The molecule has 0 spiro atoms. The van der Waals surface area contributed by atoms with Crippen LogP contribution in [0.5, 0.6) is 0 Å². The second-order valence-electron chi connectivity index (χ2n) is 5.09. The van der Waals surface area contributed by atoms with Crippen LogP contribution in [0.3, 0.4) is 0 Å². The van der Waals surface area contributed by atoms with Crippen LogP contribution in [0.25, 0.3) is 0 Å². The summed E-state index contributed by atoms with van der Waals surface area (Å²) in [7, 11) is 0. The molecule has 4 nitrogen and oxygen atoms in total. The van der Waals surface area contributed by atoms with Crippen molar-refractivity contribution in [1.29, 1.82) is 0 Å². The van der Waals surface area contributed by atoms with Gasteiger partial charge in [0, 0.05) is 43.0 Å². The maximum atomic E-state index is 11.7. The van der Waals surface area contributed by atoms with Crippen molar-refractivity contribution < 1.29 is 9.59 Å². The largest absolute Gasteiger partial charge is 0.354 e. The molecule has 0 aliphatic rings. The van der Waals surface area contributed by atoms with E-state index in [1.807, 2.05) is 13.0 Å². The molecule has 1 rings (SSSR count). The Labute approximate surface area is 141 Å². The minimum Gasteiger partial charge on any atom is -0.354 e. The Hall–Kier alpha value is -1.26. The molecule has 122 valence electrons. The van der Waals surface area contributed by atoms with Gasteiger partial charge >= 0.3 is 0 Å². The van der Waals surface area contributed by atoms with Gasteiger partial charge in [0.25, 0.3) is 0 Å². The number of halogens is 2. The molecule has 1 aromatic rings. The van der Waals surface area contributed by atoms with Gasteiger partial charge in [-0.15, -0.1) is 0 Å². The quantitative estimate of drug-likeness (QED) is 0.786. The Bertz CT molecular complexity index is 521. The van der Waals surface area contributed by atoms with E-state index in [0.29, 0.717) is 42.5 Å². The van der Waals surface area contributed by atoms with Gasteiger partial charge in [-0.1, -0.05) is 36.2 Å². The normalized spacial score (nSPS) is 10.4. The van der Waals surface area contributed by atoms with Crippen molar-refractivity contribution in [3.8, 4) is 0 Å². The predicted molar refractivity (Wildman–Crippen MR) is 90.3 cm³/mol. The van der Waals surface area contributed by atoms with E-state index in [1.165, 1.54) is 6.92 Å². The van der Waals surface area contributed by atoms with Gasteiger partial charge < -0.3 is 10.2 Å². The van der Waals surface area contributed by atoms with Crippen molar-refractivity contribution in [3.63, 3.8) is 0 Å². The molecular weight excluding hydrogens is 323 g/mol. The Morgan fingerprint density at radius 2 is 1.95 bits per heavy atom. The number of carbonyl (C=O) groups excluding carboxylic acids is 2. The molecule has 1 aromatic carbocycles. The van der Waals surface area contributed by atoms with Crippen molar-refractivity contribution in [2.75, 3.05) is 19.6 Å². The summed E-state index contributed by atoms with van der Waals surface area (Å²) in [5, 5.41) is 4.01. The molecule has 0 aromatic heterocycles. The van der Waals surface area contributed by atoms with Crippen molar-refractivity contribution in [3.05, 3.63) is 33.8 Å². The standard InChI is InChI=1S/C16H22Cl2N2O2/c1-3-4-16(22)19-8-10-20(12(2)21)9-7-13-5-6-14(17)11-15(13)18/h5-6,11H,3-4,7-10H2,1-2H3,(H,19,22). The van der Waals surface area contributed by atoms with Crippen LogP contribution in [-0.4, -0.2) is 36.3 Å². The van der Waals surface area contributed by atoms with Crippen LogP contribution in [0.1, 0.15) is 32.3 Å². The van der Waals surface area contributed by atoms with Gasteiger partial charge in [0.2, 0.25) is 11.8 Å². The molecule has 0 bridgehead atoms. The van der Waals surface area contributed by atoms with E-state index in [4.69, 9.17) is 23.2 Å². The lowest BCUT2D eigenvalue weighted by Crippen LogP contribution is -2.38. The summed E-state index contributed by atoms with van der Waals surface area (Å²) in [6.07, 6.45) is 1.98. The number of benzene rings is 1. The molecule has 2 amide bonds. The molecule has 0 saturated heterocycles. The lowest BCUT2D eigenvalue weighted by molar-refractivity contribution is -0.129. The Morgan fingerprint density at radius 3 is 2.55 bits per heavy atom. The summed E-state index contributed by atoms with van der Waals surface area (Å²) in [6, 6.07) is 5.35. The maximum absolute atomic E-state index is 11.7. The zero-order chi connectivity index (χ0) is 16.5. The third-order valence-electron chi connectivity index (χ3n) is 3.29. The van der Waals surface area contributed by atoms with E-state index < -0.39 is 0 Å². The van der Waals surface area contributed by atoms with Crippen molar-refractivity contribution in [1.82, 2.24) is 10.2 Å². The fraction of sp³-hybridized carbons (Fsp3) is 0.500. The van der Waals surface area contributed by atoms with Crippen LogP contribution in [0.15, 0.2) is 18.2 Å². The molecular formula is C16H22Cl2N2O2. The van der Waals surface area contributed by atoms with Gasteiger partial charge in [0.1, 0.15) is 0 Å². The number of hydrogen-bond acceptors (Lipinski definition) is 2. The van der Waals surface area contributed by atoms with E-state index in [1.54, 1.807) is 17.0 Å². The summed E-state index contributed by atoms with van der Waals surface area (Å²) in [6.45, 7) is 5.00. The second kappa shape index (κ2) is 9.70. The van der Waals surface area contributed by atoms with Crippen LogP contribution < -0.4 is 5.32 Å². The zero-order valence-electron chi connectivity index (χ0n) is 13.0. The number of carbonyl (C=O) groups is 2. The minimum atomic E-state index is -0.0187. The highest BCUT2D eigenvalue weighted by atomic mass is 35.5. The van der Waals surface area contributed by atoms with Crippen molar-refractivity contribution >= 4 is 35.0 Å². The number of hydrogen-bond donors (Lipinski definition) is 1. The second-order valence-corrected chi connectivity index (χ2v) is 5.94. The first-order chi connectivity index (χ1) is 10.4. The minimum absolute atomic E-state index is 0.0187. The van der Waals surface area contributed by atoms with Crippen LogP contribution in [0, 0.1) is 0 Å². The highest BCUT2D eigenvalue weighted by Crippen LogP contribution is 2.21. The van der Waals surface area contributed by atoms with Crippen LogP contribution >= 0.6 is 23.2 Å². The monoisotopic (exact) mass is 344 g/mol. The summed E-state index contributed by atoms with van der Waals surface area (Å²) in [4.78, 5) is 24.8. The van der Waals surface area contributed by atoms with Gasteiger partial charge in [-0.25, -0.2) is 0 Å². The topological polar surface area (TPSA) is 49.4 Å². The zero-order valence-corrected chi connectivity index (χ0v) is 14.5. The number of amides is 2. The molecule has 22 heavy (non-hydrogen) atoms. The summed E-state index contributed by atoms with van der Waals surface area (Å²) < 4.78 is 0. The van der Waals surface area contributed by atoms with E-state index in [-0.39, 0.29) is 11.8 Å². The predicted octanol–water partition coefficient (Wildman–Crippen LogP) is 3.30. The molecule has 0 atom stereocenters. The first-order valence-electron chi connectivity index (χ1n) is 7.40. The number of nitrogens with one attached hydrogen (secondary N) is 1. The van der Waals surface area contributed by atoms with E-state index in [2.05, 4.69) is 5.32 Å². The molecule has 0 radical (unpaired) electrons. The van der Waals surface area contributed by atoms with Gasteiger partial charge in [-0.2, -0.15) is 0 Å². The van der Waals surface area contributed by atoms with Crippen LogP contribution in [0.4, 0.5) is 0 Å². The van der Waals surface area contributed by atoms with E-state index >= 15 is 0 Å². The molecule has 6 heteroatoms. The van der Waals surface area contributed by atoms with E-state index in [0.717, 1.165) is 12.0 Å². The SMILES string of the molecule is CCCC(=O)NCCN(CCc1ccc(Cl)cc1Cl)C(C)=O. The average Bonchev–Trinajstić information content (AvgIpc) is 2.44. The third kappa shape index (κ3) is 6.67. The van der Waals surface area contributed by atoms with Crippen molar-refractivity contribution in [2.45, 2.75) is 33.1 Å². The Kier molecular flexibility index (Phi) is 8.28. The summed E-state index contributed by atoms with van der Waals surface area (Å²) in [5.74, 6) is 0.00146. The summed E-state index contributed by atoms with van der Waals surface area (Å²) >= 11 is 12.0. The Balaban J connectivity index is 2.47. The van der Waals surface area contributed by atoms with Crippen LogP contribution in [-0.2, 0) is 16.0 Å². The van der Waals surface area contributed by atoms with E-state index in [9.17, 15) is 9.59 Å². The van der Waals surface area contributed by atoms with Crippen molar-refractivity contribution in [2.24, 2.45) is 0 Å². The number of nitrogens with zero attached hydrogens (tertiary/aromatic N) is 1. The summed E-state index contributed by atoms with van der Waals surface area (Å²) in [5.41, 5.74) is 0.951. The average molecular weight is 345 g/mol. The smallest absolute Gasteiger partial charge is 0.220 e. The highest BCUT2D eigenvalue weighted by molar-refractivity contribution is 6.35. The molecule has 1 N–H and O–H groups in total. The lowest BCUT2D eigenvalue weighted by atomic mass is 10.1. The maximum Gasteiger partial charge on any atom is 0.220 e. The first kappa shape index (κ1) is 18.8. The van der Waals surface area contributed by atoms with Gasteiger partial charge in [0.15, 0.2) is 0 Å². The fourth-order valence-electron chi connectivity index (χ4n) is 2.05. The molecule has 0 aliphatic carbocycles. The van der Waals surface area contributed by atoms with Gasteiger partial charge in [0.05, 0.1) is 0 Å². The fourth-order valence-corrected chi connectivity index (χ4v) is 2.56. The molecule has 0 heterocycles. The molecule has 0 fully saturated rings. The van der Waals surface area contributed by atoms with Gasteiger partial charge in [-0.05, 0) is 30.5 Å². The molecule has 0 unspecified atom stereocenters. The third-order valence-corrected chi connectivity index (χ3v) is 3.88. The molecule has 0 aliphatic heterocycles.